The van der Waals surface area contributed by atoms with Crippen molar-refractivity contribution in [3.8, 4) is 0 Å². The van der Waals surface area contributed by atoms with E-state index < -0.39 is 24.5 Å². The van der Waals surface area contributed by atoms with Gasteiger partial charge in [0.1, 0.15) is 6.10 Å². The van der Waals surface area contributed by atoms with Gasteiger partial charge in [-0.15, -0.1) is 0 Å². The zero-order chi connectivity index (χ0) is 15.9. The normalized spacial score (nSPS) is 31.5. The molecule has 2 unspecified atom stereocenters. The minimum atomic E-state index is -0.780. The summed E-state index contributed by atoms with van der Waals surface area (Å²) in [5, 5.41) is 14.0. The van der Waals surface area contributed by atoms with E-state index in [9.17, 15) is 5.11 Å². The molecule has 5 atom stereocenters. The second-order valence-electron chi connectivity index (χ2n) is 5.32. The zero-order valence-corrected chi connectivity index (χ0v) is 12.7. The van der Waals surface area contributed by atoms with Crippen LogP contribution in [0, 0.1) is 5.92 Å². The summed E-state index contributed by atoms with van der Waals surface area (Å²) in [5.41, 5.74) is 9.66. The van der Waals surface area contributed by atoms with E-state index in [0.29, 0.717) is 6.61 Å². The minimum Gasteiger partial charge on any atom is -0.390 e. The summed E-state index contributed by atoms with van der Waals surface area (Å²) >= 11 is 0. The number of aliphatic hydroxyl groups excluding tert-OH is 1. The quantitative estimate of drug-likeness (QED) is 0.495. The molecule has 0 spiro atoms. The van der Waals surface area contributed by atoms with Crippen LogP contribution in [-0.2, 0) is 20.8 Å². The van der Waals surface area contributed by atoms with Gasteiger partial charge in [-0.1, -0.05) is 42.4 Å². The molecule has 1 saturated heterocycles. The van der Waals surface area contributed by atoms with Gasteiger partial charge in [-0.2, -0.15) is 0 Å². The Balaban J connectivity index is 1.92. The first-order chi connectivity index (χ1) is 10.7. The third-order valence-electron chi connectivity index (χ3n) is 3.86. The van der Waals surface area contributed by atoms with Crippen LogP contribution < -0.4 is 0 Å². The van der Waals surface area contributed by atoms with Crippen LogP contribution in [0.2, 0.25) is 0 Å². The van der Waals surface area contributed by atoms with Crippen LogP contribution in [0.5, 0.6) is 0 Å². The molecule has 1 aliphatic heterocycles. The predicted molar refractivity (Wildman–Crippen MR) is 79.9 cm³/mol. The third kappa shape index (κ3) is 3.97. The highest BCUT2D eigenvalue weighted by Crippen LogP contribution is 2.29. The highest BCUT2D eigenvalue weighted by molar-refractivity contribution is 5.13. The molecule has 2 rings (SSSR count). The summed E-state index contributed by atoms with van der Waals surface area (Å²) in [5.74, 6) is -0.278. The average molecular weight is 307 g/mol. The van der Waals surface area contributed by atoms with Gasteiger partial charge < -0.3 is 19.3 Å². The Morgan fingerprint density at radius 1 is 1.36 bits per heavy atom. The summed E-state index contributed by atoms with van der Waals surface area (Å²) in [6.07, 6.45) is -1.98. The molecule has 0 radical (unpaired) electrons. The molecule has 0 aliphatic carbocycles. The third-order valence-corrected chi connectivity index (χ3v) is 3.86. The van der Waals surface area contributed by atoms with Gasteiger partial charge in [0.25, 0.3) is 0 Å². The van der Waals surface area contributed by atoms with Crippen molar-refractivity contribution in [2.75, 3.05) is 13.7 Å². The van der Waals surface area contributed by atoms with Gasteiger partial charge in [-0.3, -0.25) is 0 Å². The average Bonchev–Trinajstić information content (AvgIpc) is 2.55. The topological polar surface area (TPSA) is 96.7 Å². The summed E-state index contributed by atoms with van der Waals surface area (Å²) in [7, 11) is 1.48. The van der Waals surface area contributed by atoms with Gasteiger partial charge in [0.2, 0.25) is 0 Å². The molecule has 0 aromatic heterocycles. The van der Waals surface area contributed by atoms with Crippen LogP contribution in [-0.4, -0.2) is 43.4 Å². The van der Waals surface area contributed by atoms with Gasteiger partial charge >= 0.3 is 0 Å². The fourth-order valence-corrected chi connectivity index (χ4v) is 2.54. The number of nitrogens with zero attached hydrogens (tertiary/aromatic N) is 3. The molecule has 0 bridgehead atoms. The molecule has 1 heterocycles. The first-order valence-electron chi connectivity index (χ1n) is 7.19. The van der Waals surface area contributed by atoms with E-state index in [1.807, 2.05) is 37.3 Å². The Morgan fingerprint density at radius 3 is 2.73 bits per heavy atom. The van der Waals surface area contributed by atoms with Gasteiger partial charge in [0.05, 0.1) is 25.4 Å². The monoisotopic (exact) mass is 307 g/mol. The second-order valence-corrected chi connectivity index (χ2v) is 5.32. The lowest BCUT2D eigenvalue weighted by Crippen LogP contribution is -2.54. The predicted octanol–water partition coefficient (Wildman–Crippen LogP) is 2.25. The van der Waals surface area contributed by atoms with Crippen LogP contribution in [0.25, 0.3) is 10.4 Å². The Labute approximate surface area is 129 Å². The van der Waals surface area contributed by atoms with Crippen LogP contribution in [0.15, 0.2) is 35.4 Å². The molecule has 0 saturated carbocycles. The summed E-state index contributed by atoms with van der Waals surface area (Å²) in [4.78, 5) is 2.79. The Kier molecular flexibility index (Phi) is 6.18. The molecule has 7 nitrogen and oxygen atoms in total. The van der Waals surface area contributed by atoms with E-state index in [2.05, 4.69) is 10.0 Å². The number of rotatable bonds is 6. The first-order valence-corrected chi connectivity index (χ1v) is 7.19. The number of hydrogen-bond donors (Lipinski definition) is 1. The Hall–Kier alpha value is -1.63. The zero-order valence-electron chi connectivity index (χ0n) is 12.7. The van der Waals surface area contributed by atoms with Crippen molar-refractivity contribution in [3.63, 3.8) is 0 Å². The van der Waals surface area contributed by atoms with E-state index in [0.717, 1.165) is 5.56 Å². The summed E-state index contributed by atoms with van der Waals surface area (Å²) in [6, 6.07) is 9.21. The maximum atomic E-state index is 10.3. The maximum Gasteiger partial charge on any atom is 0.166 e. The van der Waals surface area contributed by atoms with Crippen molar-refractivity contribution < 1.29 is 19.3 Å². The standard InChI is InChI=1S/C15H21N3O4/c1-10-13(17-18-16)15(20-2)22-12(14(10)19)9-21-8-11-6-4-3-5-7-11/h3-7,10,12-15,19H,8-9H2,1-2H3/t10-,12?,13?,14+,15+/m1/s1. The highest BCUT2D eigenvalue weighted by atomic mass is 16.7. The van der Waals surface area contributed by atoms with Crippen molar-refractivity contribution >= 4 is 0 Å². The van der Waals surface area contributed by atoms with Crippen molar-refractivity contribution in [3.05, 3.63) is 46.3 Å². The van der Waals surface area contributed by atoms with E-state index in [4.69, 9.17) is 19.7 Å². The second kappa shape index (κ2) is 8.12. The van der Waals surface area contributed by atoms with E-state index >= 15 is 0 Å². The molecule has 1 fully saturated rings. The lowest BCUT2D eigenvalue weighted by Gasteiger charge is -2.41. The van der Waals surface area contributed by atoms with Crippen LogP contribution in [0.4, 0.5) is 0 Å². The molecule has 22 heavy (non-hydrogen) atoms. The van der Waals surface area contributed by atoms with Gasteiger partial charge in [0.15, 0.2) is 6.29 Å². The number of aliphatic hydroxyl groups is 1. The number of methoxy groups -OCH3 is 1. The lowest BCUT2D eigenvalue weighted by atomic mass is 9.89. The van der Waals surface area contributed by atoms with Crippen molar-refractivity contribution in [2.45, 2.75) is 38.1 Å². The molecule has 7 heteroatoms. The van der Waals surface area contributed by atoms with Gasteiger partial charge in [-0.25, -0.2) is 0 Å². The minimum absolute atomic E-state index is 0.239. The summed E-state index contributed by atoms with van der Waals surface area (Å²) in [6.45, 7) is 2.49. The highest BCUT2D eigenvalue weighted by Gasteiger charge is 2.42. The molecule has 0 amide bonds. The number of hydrogen-bond acceptors (Lipinski definition) is 5. The molecule has 1 N–H and O–H groups in total. The first kappa shape index (κ1) is 16.7. The van der Waals surface area contributed by atoms with Crippen LogP contribution >= 0.6 is 0 Å². The number of ether oxygens (including phenoxy) is 3. The molecule has 120 valence electrons. The Morgan fingerprint density at radius 2 is 2.09 bits per heavy atom. The number of azide groups is 1. The molecule has 1 aliphatic rings. The number of benzene rings is 1. The fourth-order valence-electron chi connectivity index (χ4n) is 2.54. The van der Waals surface area contributed by atoms with Crippen molar-refractivity contribution in [1.82, 2.24) is 0 Å². The van der Waals surface area contributed by atoms with Gasteiger partial charge in [-0.05, 0) is 17.0 Å². The largest absolute Gasteiger partial charge is 0.390 e. The molecule has 1 aromatic carbocycles. The molecular formula is C15H21N3O4. The van der Waals surface area contributed by atoms with Crippen molar-refractivity contribution in [1.29, 1.82) is 0 Å². The van der Waals surface area contributed by atoms with E-state index in [1.54, 1.807) is 0 Å². The van der Waals surface area contributed by atoms with Gasteiger partial charge in [0, 0.05) is 12.0 Å². The van der Waals surface area contributed by atoms with Crippen LogP contribution in [0.1, 0.15) is 12.5 Å². The Bertz CT molecular complexity index is 505. The molecule has 1 aromatic rings. The fraction of sp³-hybridized carbons (Fsp3) is 0.600. The van der Waals surface area contributed by atoms with Crippen molar-refractivity contribution in [2.24, 2.45) is 11.0 Å². The van der Waals surface area contributed by atoms with E-state index in [-0.39, 0.29) is 12.5 Å². The maximum absolute atomic E-state index is 10.3. The van der Waals surface area contributed by atoms with E-state index in [1.165, 1.54) is 7.11 Å². The smallest absolute Gasteiger partial charge is 0.166 e. The summed E-state index contributed by atoms with van der Waals surface area (Å²) < 4.78 is 16.5. The lowest BCUT2D eigenvalue weighted by molar-refractivity contribution is -0.247. The van der Waals surface area contributed by atoms with Crippen LogP contribution in [0.3, 0.4) is 0 Å². The SMILES string of the molecule is CO[C@H]1OC(COCc2ccccc2)[C@@H](O)[C@H](C)C1N=[N+]=[N-]. The molecular weight excluding hydrogens is 286 g/mol.